The number of rotatable bonds is 7. The molecule has 0 radical (unpaired) electrons. The van der Waals surface area contributed by atoms with Crippen molar-refractivity contribution in [2.45, 2.75) is 30.7 Å². The third kappa shape index (κ3) is 5.88. The Balaban J connectivity index is 1.27. The Bertz CT molecular complexity index is 1330. The summed E-state index contributed by atoms with van der Waals surface area (Å²) < 4.78 is 34.0. The number of ether oxygens (including phenoxy) is 1. The topological polar surface area (TPSA) is 70.2 Å². The van der Waals surface area contributed by atoms with Gasteiger partial charge in [-0.25, -0.2) is 8.42 Å². The fourth-order valence-corrected chi connectivity index (χ4v) is 7.59. The molecule has 2 aliphatic heterocycles. The maximum absolute atomic E-state index is 13.6. The lowest BCUT2D eigenvalue weighted by Gasteiger charge is -2.41. The molecule has 1 amide bonds. The second-order valence-corrected chi connectivity index (χ2v) is 12.3. The van der Waals surface area contributed by atoms with E-state index < -0.39 is 10.0 Å². The molecule has 2 saturated heterocycles. The SMILES string of the molecule is COc1ccc(C)cc1S(=O)(=O)N1CCCC(C(=O)N2CCN(C(c3ccccc3)c3ccccc3)CC2)C1. The molecule has 0 N–H and O–H groups in total. The van der Waals surface area contributed by atoms with Gasteiger partial charge in [-0.2, -0.15) is 4.31 Å². The van der Waals surface area contributed by atoms with Gasteiger partial charge in [-0.3, -0.25) is 9.69 Å². The minimum Gasteiger partial charge on any atom is -0.495 e. The van der Waals surface area contributed by atoms with Gasteiger partial charge in [0.05, 0.1) is 19.1 Å². The molecule has 3 aromatic rings. The zero-order valence-electron chi connectivity index (χ0n) is 22.7. The highest BCUT2D eigenvalue weighted by atomic mass is 32.2. The number of carbonyl (C=O) groups excluding carboxylic acids is 1. The molecule has 0 aromatic heterocycles. The van der Waals surface area contributed by atoms with Gasteiger partial charge in [0.15, 0.2) is 0 Å². The van der Waals surface area contributed by atoms with E-state index in [0.29, 0.717) is 38.2 Å². The smallest absolute Gasteiger partial charge is 0.246 e. The average Bonchev–Trinajstić information content (AvgIpc) is 2.98. The summed E-state index contributed by atoms with van der Waals surface area (Å²) in [7, 11) is -2.30. The van der Waals surface area contributed by atoms with E-state index in [-0.39, 0.29) is 29.3 Å². The lowest BCUT2D eigenvalue weighted by Crippen LogP contribution is -2.53. The van der Waals surface area contributed by atoms with Crippen LogP contribution in [0.5, 0.6) is 5.75 Å². The van der Waals surface area contributed by atoms with Gasteiger partial charge in [0, 0.05) is 39.3 Å². The predicted molar refractivity (Wildman–Crippen MR) is 152 cm³/mol. The summed E-state index contributed by atoms with van der Waals surface area (Å²) in [5.74, 6) is 0.0493. The summed E-state index contributed by atoms with van der Waals surface area (Å²) in [5, 5.41) is 0. The molecule has 0 spiro atoms. The van der Waals surface area contributed by atoms with Crippen LogP contribution in [0.1, 0.15) is 35.6 Å². The standard InChI is InChI=1S/C31H37N3O4S/c1-24-15-16-28(38-2)29(22-24)39(36,37)34-17-9-14-27(23-34)31(35)33-20-18-32(19-21-33)30(25-10-5-3-6-11-25)26-12-7-4-8-13-26/h3-8,10-13,15-16,22,27,30H,9,14,17-21,23H2,1-2H3. The number of piperidine rings is 1. The van der Waals surface area contributed by atoms with Gasteiger partial charge in [0.1, 0.15) is 10.6 Å². The van der Waals surface area contributed by atoms with Crippen LogP contribution in [0.15, 0.2) is 83.8 Å². The van der Waals surface area contributed by atoms with E-state index in [2.05, 4.69) is 53.4 Å². The fourth-order valence-electron chi connectivity index (χ4n) is 5.83. The lowest BCUT2D eigenvalue weighted by atomic mass is 9.95. The number of hydrogen-bond acceptors (Lipinski definition) is 5. The monoisotopic (exact) mass is 547 g/mol. The average molecular weight is 548 g/mol. The zero-order valence-corrected chi connectivity index (χ0v) is 23.5. The highest BCUT2D eigenvalue weighted by Crippen LogP contribution is 2.32. The predicted octanol–water partition coefficient (Wildman–Crippen LogP) is 4.34. The largest absolute Gasteiger partial charge is 0.495 e. The van der Waals surface area contributed by atoms with Gasteiger partial charge in [-0.05, 0) is 48.6 Å². The number of benzene rings is 3. The second-order valence-electron chi connectivity index (χ2n) is 10.4. The highest BCUT2D eigenvalue weighted by molar-refractivity contribution is 7.89. The Kier molecular flexibility index (Phi) is 8.35. The Morgan fingerprint density at radius 2 is 1.49 bits per heavy atom. The van der Waals surface area contributed by atoms with Crippen LogP contribution in [-0.2, 0) is 14.8 Å². The first-order chi connectivity index (χ1) is 18.9. The molecule has 7 nitrogen and oxygen atoms in total. The van der Waals surface area contributed by atoms with Crippen LogP contribution >= 0.6 is 0 Å². The summed E-state index contributed by atoms with van der Waals surface area (Å²) >= 11 is 0. The Morgan fingerprint density at radius 1 is 0.872 bits per heavy atom. The quantitative estimate of drug-likeness (QED) is 0.440. The van der Waals surface area contributed by atoms with Gasteiger partial charge in [-0.15, -0.1) is 0 Å². The molecule has 2 fully saturated rings. The molecular formula is C31H37N3O4S. The molecule has 1 unspecified atom stereocenters. The third-order valence-corrected chi connectivity index (χ3v) is 9.78. The molecule has 2 aliphatic rings. The van der Waals surface area contributed by atoms with Crippen molar-refractivity contribution in [3.05, 3.63) is 95.6 Å². The molecule has 39 heavy (non-hydrogen) atoms. The number of piperazine rings is 1. The first-order valence-corrected chi connectivity index (χ1v) is 15.1. The molecule has 0 saturated carbocycles. The number of methoxy groups -OCH3 is 1. The van der Waals surface area contributed by atoms with Crippen molar-refractivity contribution < 1.29 is 17.9 Å². The van der Waals surface area contributed by atoms with E-state index in [1.165, 1.54) is 22.5 Å². The van der Waals surface area contributed by atoms with Crippen LogP contribution in [-0.4, -0.2) is 74.8 Å². The molecule has 5 rings (SSSR count). The number of sulfonamides is 1. The van der Waals surface area contributed by atoms with Crippen molar-refractivity contribution in [2.75, 3.05) is 46.4 Å². The van der Waals surface area contributed by atoms with Crippen LogP contribution in [0, 0.1) is 12.8 Å². The minimum atomic E-state index is -3.78. The molecule has 3 aromatic carbocycles. The maximum atomic E-state index is 13.6. The number of hydrogen-bond donors (Lipinski definition) is 0. The van der Waals surface area contributed by atoms with Crippen LogP contribution in [0.4, 0.5) is 0 Å². The molecule has 206 valence electrons. The fraction of sp³-hybridized carbons (Fsp3) is 0.387. The Hall–Kier alpha value is -3.20. The third-order valence-electron chi connectivity index (χ3n) is 7.89. The first kappa shape index (κ1) is 27.4. The van der Waals surface area contributed by atoms with Crippen molar-refractivity contribution >= 4 is 15.9 Å². The maximum Gasteiger partial charge on any atom is 0.246 e. The Labute approximate surface area is 232 Å². The summed E-state index contributed by atoms with van der Waals surface area (Å²) in [6, 6.07) is 26.3. The molecule has 2 heterocycles. The zero-order chi connectivity index (χ0) is 27.4. The normalized spacial score (nSPS) is 19.3. The van der Waals surface area contributed by atoms with E-state index in [4.69, 9.17) is 4.74 Å². The summed E-state index contributed by atoms with van der Waals surface area (Å²) in [4.78, 5) is 18.2. The van der Waals surface area contributed by atoms with Crippen molar-refractivity contribution in [3.8, 4) is 5.75 Å². The van der Waals surface area contributed by atoms with E-state index in [0.717, 1.165) is 18.7 Å². The van der Waals surface area contributed by atoms with Crippen LogP contribution in [0.3, 0.4) is 0 Å². The van der Waals surface area contributed by atoms with E-state index in [9.17, 15) is 13.2 Å². The molecule has 0 bridgehead atoms. The molecule has 1 atom stereocenters. The molecular weight excluding hydrogens is 510 g/mol. The first-order valence-electron chi connectivity index (χ1n) is 13.7. The number of amides is 1. The van der Waals surface area contributed by atoms with Crippen molar-refractivity contribution in [3.63, 3.8) is 0 Å². The van der Waals surface area contributed by atoms with Crippen molar-refractivity contribution in [1.29, 1.82) is 0 Å². The summed E-state index contributed by atoms with van der Waals surface area (Å²) in [6.45, 7) is 5.25. The molecule has 8 heteroatoms. The summed E-state index contributed by atoms with van der Waals surface area (Å²) in [5.41, 5.74) is 3.33. The van der Waals surface area contributed by atoms with Gasteiger partial charge in [0.2, 0.25) is 15.9 Å². The molecule has 0 aliphatic carbocycles. The van der Waals surface area contributed by atoms with Crippen molar-refractivity contribution in [2.24, 2.45) is 5.92 Å². The number of nitrogens with zero attached hydrogens (tertiary/aromatic N) is 3. The summed E-state index contributed by atoms with van der Waals surface area (Å²) in [6.07, 6.45) is 1.36. The van der Waals surface area contributed by atoms with Crippen molar-refractivity contribution in [1.82, 2.24) is 14.1 Å². The minimum absolute atomic E-state index is 0.0572. The van der Waals surface area contributed by atoms with E-state index >= 15 is 0 Å². The Morgan fingerprint density at radius 3 is 2.08 bits per heavy atom. The van der Waals surface area contributed by atoms with E-state index in [1.807, 2.05) is 30.0 Å². The van der Waals surface area contributed by atoms with Crippen LogP contribution in [0.2, 0.25) is 0 Å². The van der Waals surface area contributed by atoms with Crippen LogP contribution < -0.4 is 4.74 Å². The lowest BCUT2D eigenvalue weighted by molar-refractivity contribution is -0.138. The van der Waals surface area contributed by atoms with Gasteiger partial charge < -0.3 is 9.64 Å². The number of aryl methyl sites for hydroxylation is 1. The highest BCUT2D eigenvalue weighted by Gasteiger charge is 2.37. The second kappa shape index (κ2) is 11.9. The van der Waals surface area contributed by atoms with Gasteiger partial charge in [0.25, 0.3) is 0 Å². The van der Waals surface area contributed by atoms with Gasteiger partial charge >= 0.3 is 0 Å². The van der Waals surface area contributed by atoms with Crippen LogP contribution in [0.25, 0.3) is 0 Å². The number of carbonyl (C=O) groups is 1. The van der Waals surface area contributed by atoms with Gasteiger partial charge in [-0.1, -0.05) is 66.7 Å². The van der Waals surface area contributed by atoms with E-state index in [1.54, 1.807) is 12.1 Å².